The zero-order valence-electron chi connectivity index (χ0n) is 10.4. The van der Waals surface area contributed by atoms with Gasteiger partial charge in [-0.25, -0.2) is 0 Å². The highest BCUT2D eigenvalue weighted by Crippen LogP contribution is 2.11. The summed E-state index contributed by atoms with van der Waals surface area (Å²) in [4.78, 5) is 11.9. The minimum Gasteiger partial charge on any atom is -0.497 e. The number of carbonyl (C=O) groups excluding carboxylic acids is 1. The fraction of sp³-hybridized carbons (Fsp3) is 0.462. The van der Waals surface area contributed by atoms with Gasteiger partial charge in [0.15, 0.2) is 0 Å². The molecule has 0 fully saturated rings. The smallest absolute Gasteiger partial charge is 0.251 e. The first kappa shape index (κ1) is 13.5. The Morgan fingerprint density at radius 2 is 2.06 bits per heavy atom. The standard InChI is InChI=1S/C13H20N2O2/c1-3-11(8-9-14)15-13(16)10-4-6-12(17-2)7-5-10/h4-7,11H,3,8-9,14H2,1-2H3,(H,15,16). The van der Waals surface area contributed by atoms with E-state index in [0.29, 0.717) is 12.1 Å². The number of rotatable bonds is 6. The second-order valence-electron chi connectivity index (χ2n) is 3.88. The molecule has 1 aromatic rings. The maximum atomic E-state index is 11.9. The molecule has 17 heavy (non-hydrogen) atoms. The van der Waals surface area contributed by atoms with Crippen LogP contribution in [0.3, 0.4) is 0 Å². The van der Waals surface area contributed by atoms with Gasteiger partial charge >= 0.3 is 0 Å². The topological polar surface area (TPSA) is 64.3 Å². The van der Waals surface area contributed by atoms with Gasteiger partial charge in [-0.3, -0.25) is 4.79 Å². The number of benzene rings is 1. The molecule has 94 valence electrons. The first-order valence-electron chi connectivity index (χ1n) is 5.86. The third kappa shape index (κ3) is 4.07. The number of hydrogen-bond donors (Lipinski definition) is 2. The molecule has 4 nitrogen and oxygen atoms in total. The molecule has 0 aliphatic heterocycles. The molecule has 0 aromatic heterocycles. The van der Waals surface area contributed by atoms with E-state index in [1.54, 1.807) is 31.4 Å². The average Bonchev–Trinajstić information content (AvgIpc) is 2.38. The lowest BCUT2D eigenvalue weighted by Gasteiger charge is -2.16. The number of nitrogens with two attached hydrogens (primary N) is 1. The minimum absolute atomic E-state index is 0.0621. The first-order valence-corrected chi connectivity index (χ1v) is 5.86. The Morgan fingerprint density at radius 1 is 1.41 bits per heavy atom. The second kappa shape index (κ2) is 6.91. The molecule has 0 saturated carbocycles. The van der Waals surface area contributed by atoms with Crippen LogP contribution in [0.2, 0.25) is 0 Å². The van der Waals surface area contributed by atoms with Crippen molar-refractivity contribution in [3.05, 3.63) is 29.8 Å². The van der Waals surface area contributed by atoms with Gasteiger partial charge < -0.3 is 15.8 Å². The van der Waals surface area contributed by atoms with Gasteiger partial charge in [-0.15, -0.1) is 0 Å². The van der Waals surface area contributed by atoms with Crippen LogP contribution in [0.1, 0.15) is 30.1 Å². The number of nitrogens with one attached hydrogen (secondary N) is 1. The fourth-order valence-electron chi connectivity index (χ4n) is 1.59. The van der Waals surface area contributed by atoms with E-state index in [4.69, 9.17) is 10.5 Å². The monoisotopic (exact) mass is 236 g/mol. The Morgan fingerprint density at radius 3 is 2.53 bits per heavy atom. The van der Waals surface area contributed by atoms with E-state index in [0.717, 1.165) is 18.6 Å². The quantitative estimate of drug-likeness (QED) is 0.787. The summed E-state index contributed by atoms with van der Waals surface area (Å²) in [5.74, 6) is 0.684. The normalized spacial score (nSPS) is 11.9. The van der Waals surface area contributed by atoms with Crippen LogP contribution in [-0.2, 0) is 0 Å². The highest BCUT2D eigenvalue weighted by Gasteiger charge is 2.11. The van der Waals surface area contributed by atoms with Gasteiger partial charge in [-0.2, -0.15) is 0 Å². The molecule has 0 saturated heterocycles. The summed E-state index contributed by atoms with van der Waals surface area (Å²) in [5, 5.41) is 2.96. The number of hydrogen-bond acceptors (Lipinski definition) is 3. The van der Waals surface area contributed by atoms with Crippen LogP contribution in [0.5, 0.6) is 5.75 Å². The maximum absolute atomic E-state index is 11.9. The summed E-state index contributed by atoms with van der Waals surface area (Å²) in [6.07, 6.45) is 1.69. The van der Waals surface area contributed by atoms with Crippen LogP contribution >= 0.6 is 0 Å². The predicted molar refractivity (Wildman–Crippen MR) is 68.2 cm³/mol. The summed E-state index contributed by atoms with van der Waals surface area (Å²) in [6.45, 7) is 2.62. The lowest BCUT2D eigenvalue weighted by molar-refractivity contribution is 0.0934. The molecule has 1 rings (SSSR count). The van der Waals surface area contributed by atoms with Gasteiger partial charge in [-0.05, 0) is 43.7 Å². The van der Waals surface area contributed by atoms with E-state index in [-0.39, 0.29) is 11.9 Å². The zero-order valence-corrected chi connectivity index (χ0v) is 10.4. The molecule has 4 heteroatoms. The van der Waals surface area contributed by atoms with Gasteiger partial charge in [0.1, 0.15) is 5.75 Å². The van der Waals surface area contributed by atoms with Crippen molar-refractivity contribution in [1.29, 1.82) is 0 Å². The van der Waals surface area contributed by atoms with Gasteiger partial charge in [0.25, 0.3) is 5.91 Å². The Balaban J connectivity index is 2.62. The molecule has 0 aliphatic rings. The van der Waals surface area contributed by atoms with E-state index in [2.05, 4.69) is 5.32 Å². The molecule has 0 heterocycles. The van der Waals surface area contributed by atoms with Crippen LogP contribution in [0.25, 0.3) is 0 Å². The van der Waals surface area contributed by atoms with Crippen LogP contribution < -0.4 is 15.8 Å². The Kier molecular flexibility index (Phi) is 5.49. The predicted octanol–water partition coefficient (Wildman–Crippen LogP) is 1.55. The largest absolute Gasteiger partial charge is 0.497 e. The van der Waals surface area contributed by atoms with Crippen molar-refractivity contribution in [3.8, 4) is 5.75 Å². The molecule has 0 radical (unpaired) electrons. The molecule has 1 atom stereocenters. The zero-order chi connectivity index (χ0) is 12.7. The highest BCUT2D eigenvalue weighted by molar-refractivity contribution is 5.94. The van der Waals surface area contributed by atoms with Crippen molar-refractivity contribution in [1.82, 2.24) is 5.32 Å². The van der Waals surface area contributed by atoms with Crippen molar-refractivity contribution >= 4 is 5.91 Å². The van der Waals surface area contributed by atoms with Crippen LogP contribution in [0.4, 0.5) is 0 Å². The number of ether oxygens (including phenoxy) is 1. The molecule has 0 bridgehead atoms. The van der Waals surface area contributed by atoms with E-state index >= 15 is 0 Å². The maximum Gasteiger partial charge on any atom is 0.251 e. The van der Waals surface area contributed by atoms with E-state index < -0.39 is 0 Å². The molecule has 1 unspecified atom stereocenters. The van der Waals surface area contributed by atoms with Crippen molar-refractivity contribution in [2.24, 2.45) is 5.73 Å². The lowest BCUT2D eigenvalue weighted by Crippen LogP contribution is -2.35. The fourth-order valence-corrected chi connectivity index (χ4v) is 1.59. The van der Waals surface area contributed by atoms with Gasteiger partial charge in [0, 0.05) is 11.6 Å². The molecule has 1 amide bonds. The van der Waals surface area contributed by atoms with Crippen molar-refractivity contribution in [2.75, 3.05) is 13.7 Å². The van der Waals surface area contributed by atoms with Crippen molar-refractivity contribution < 1.29 is 9.53 Å². The van der Waals surface area contributed by atoms with E-state index in [1.165, 1.54) is 0 Å². The first-order chi connectivity index (χ1) is 8.21. The summed E-state index contributed by atoms with van der Waals surface area (Å²) in [6, 6.07) is 7.21. The minimum atomic E-state index is -0.0621. The number of amides is 1. The van der Waals surface area contributed by atoms with Crippen molar-refractivity contribution in [2.45, 2.75) is 25.8 Å². The van der Waals surface area contributed by atoms with Crippen LogP contribution in [0.15, 0.2) is 24.3 Å². The highest BCUT2D eigenvalue weighted by atomic mass is 16.5. The lowest BCUT2D eigenvalue weighted by atomic mass is 10.1. The Labute approximate surface area is 102 Å². The molecular weight excluding hydrogens is 216 g/mol. The summed E-state index contributed by atoms with van der Waals surface area (Å²) >= 11 is 0. The molecule has 0 aliphatic carbocycles. The molecule has 3 N–H and O–H groups in total. The van der Waals surface area contributed by atoms with E-state index in [1.807, 2.05) is 6.92 Å². The number of carbonyl (C=O) groups is 1. The molecule has 1 aromatic carbocycles. The Hall–Kier alpha value is -1.55. The molecular formula is C13H20N2O2. The summed E-state index contributed by atoms with van der Waals surface area (Å²) in [5.41, 5.74) is 6.13. The van der Waals surface area contributed by atoms with Crippen LogP contribution in [0, 0.1) is 0 Å². The SMILES string of the molecule is CCC(CCN)NC(=O)c1ccc(OC)cc1. The van der Waals surface area contributed by atoms with E-state index in [9.17, 15) is 4.79 Å². The van der Waals surface area contributed by atoms with Gasteiger partial charge in [-0.1, -0.05) is 6.92 Å². The van der Waals surface area contributed by atoms with Gasteiger partial charge in [0.2, 0.25) is 0 Å². The third-order valence-corrected chi connectivity index (χ3v) is 2.70. The number of methoxy groups -OCH3 is 1. The second-order valence-corrected chi connectivity index (χ2v) is 3.88. The summed E-state index contributed by atoms with van der Waals surface area (Å²) < 4.78 is 5.04. The third-order valence-electron chi connectivity index (χ3n) is 2.70. The van der Waals surface area contributed by atoms with Gasteiger partial charge in [0.05, 0.1) is 7.11 Å². The van der Waals surface area contributed by atoms with Crippen molar-refractivity contribution in [3.63, 3.8) is 0 Å². The summed E-state index contributed by atoms with van der Waals surface area (Å²) in [7, 11) is 1.60. The Bertz CT molecular complexity index is 349. The average molecular weight is 236 g/mol. The molecule has 0 spiro atoms. The van der Waals surface area contributed by atoms with Crippen LogP contribution in [-0.4, -0.2) is 25.6 Å².